The van der Waals surface area contributed by atoms with Gasteiger partial charge in [0.05, 0.1) is 5.52 Å². The minimum atomic E-state index is 0. The lowest BCUT2D eigenvalue weighted by Crippen LogP contribution is -1.94. The summed E-state index contributed by atoms with van der Waals surface area (Å²) < 4.78 is 0. The molecule has 1 heterocycles. The van der Waals surface area contributed by atoms with E-state index in [1.54, 1.807) is 0 Å². The molecule has 0 saturated carbocycles. The first kappa shape index (κ1) is 13.2. The predicted octanol–water partition coefficient (Wildman–Crippen LogP) is 4.68. The lowest BCUT2D eigenvalue weighted by atomic mass is 9.96. The highest BCUT2D eigenvalue weighted by atomic mass is 14.7. The van der Waals surface area contributed by atoms with Gasteiger partial charge in [0.25, 0.3) is 0 Å². The Morgan fingerprint density at radius 3 is 2.16 bits per heavy atom. The average Bonchev–Trinajstić information content (AvgIpc) is 2.40. The van der Waals surface area contributed by atoms with Gasteiger partial charge in [-0.1, -0.05) is 48.5 Å². The normalized spacial score (nSPS) is 10.2. The maximum absolute atomic E-state index is 4.71. The molecule has 0 spiro atoms. The van der Waals surface area contributed by atoms with E-state index in [0.29, 0.717) is 0 Å². The molecular weight excluding hydrogens is 232 g/mol. The zero-order valence-corrected chi connectivity index (χ0v) is 11.4. The van der Waals surface area contributed by atoms with E-state index in [1.165, 1.54) is 22.1 Å². The number of pyridine rings is 1. The van der Waals surface area contributed by atoms with Crippen LogP contribution in [0.3, 0.4) is 0 Å². The van der Waals surface area contributed by atoms with Crippen molar-refractivity contribution in [2.75, 3.05) is 0 Å². The summed E-state index contributed by atoms with van der Waals surface area (Å²) in [6.45, 7) is 4.27. The van der Waals surface area contributed by atoms with E-state index < -0.39 is 0 Å². The smallest absolute Gasteiger partial charge is 0.0708 e. The summed E-state index contributed by atoms with van der Waals surface area (Å²) in [5.74, 6) is 0. The highest BCUT2D eigenvalue weighted by Gasteiger charge is 2.10. The largest absolute Gasteiger partial charge is 0.344 e. The second-order valence-electron chi connectivity index (χ2n) is 4.58. The third-order valence-electron chi connectivity index (χ3n) is 3.40. The maximum atomic E-state index is 4.71. The van der Waals surface area contributed by atoms with Crippen molar-refractivity contribution in [3.63, 3.8) is 0 Å². The molecule has 3 N–H and O–H groups in total. The lowest BCUT2D eigenvalue weighted by molar-refractivity contribution is 1.24. The molecule has 0 bridgehead atoms. The van der Waals surface area contributed by atoms with Crippen LogP contribution in [-0.2, 0) is 0 Å². The van der Waals surface area contributed by atoms with Crippen LogP contribution in [0.2, 0.25) is 0 Å². The number of nitrogens with zero attached hydrogens (tertiary/aromatic N) is 1. The quantitative estimate of drug-likeness (QED) is 0.681. The summed E-state index contributed by atoms with van der Waals surface area (Å²) in [6.07, 6.45) is 0. The van der Waals surface area contributed by atoms with E-state index in [-0.39, 0.29) is 6.15 Å². The van der Waals surface area contributed by atoms with Gasteiger partial charge in [-0.3, -0.25) is 4.98 Å². The monoisotopic (exact) mass is 250 g/mol. The van der Waals surface area contributed by atoms with Crippen LogP contribution in [0.15, 0.2) is 54.6 Å². The molecule has 1 aromatic heterocycles. The first-order chi connectivity index (χ1) is 8.77. The van der Waals surface area contributed by atoms with Crippen LogP contribution in [0.5, 0.6) is 0 Å². The number of aryl methyl sites for hydroxylation is 2. The minimum Gasteiger partial charge on any atom is -0.344 e. The predicted molar refractivity (Wildman–Crippen MR) is 81.7 cm³/mol. The summed E-state index contributed by atoms with van der Waals surface area (Å²) in [4.78, 5) is 4.71. The Balaban J connectivity index is 0.00000133. The molecule has 3 aromatic rings. The van der Waals surface area contributed by atoms with Gasteiger partial charge in [-0.2, -0.15) is 0 Å². The van der Waals surface area contributed by atoms with Crippen LogP contribution in [0.1, 0.15) is 11.3 Å². The summed E-state index contributed by atoms with van der Waals surface area (Å²) in [5, 5.41) is 1.24. The van der Waals surface area contributed by atoms with Gasteiger partial charge < -0.3 is 6.15 Å². The fourth-order valence-corrected chi connectivity index (χ4v) is 2.56. The minimum absolute atomic E-state index is 0. The number of hydrogen-bond acceptors (Lipinski definition) is 2. The number of benzene rings is 2. The Morgan fingerprint density at radius 2 is 1.42 bits per heavy atom. The van der Waals surface area contributed by atoms with Gasteiger partial charge in [0, 0.05) is 16.6 Å². The van der Waals surface area contributed by atoms with E-state index in [4.69, 9.17) is 4.98 Å². The van der Waals surface area contributed by atoms with E-state index in [1.807, 2.05) is 12.1 Å². The molecule has 2 aromatic carbocycles. The van der Waals surface area contributed by atoms with Crippen molar-refractivity contribution in [3.05, 3.63) is 65.9 Å². The highest BCUT2D eigenvalue weighted by Crippen LogP contribution is 2.30. The van der Waals surface area contributed by atoms with Gasteiger partial charge in [-0.15, -0.1) is 0 Å². The molecule has 0 saturated heterocycles. The van der Waals surface area contributed by atoms with E-state index in [9.17, 15) is 0 Å². The van der Waals surface area contributed by atoms with Gasteiger partial charge in [0.1, 0.15) is 0 Å². The highest BCUT2D eigenvalue weighted by molar-refractivity contribution is 5.89. The molecule has 96 valence electrons. The SMILES string of the molecule is Cc1nc2ccccc2c(C)c1-c1ccccc1.N. The first-order valence-electron chi connectivity index (χ1n) is 6.19. The third kappa shape index (κ3) is 2.23. The van der Waals surface area contributed by atoms with Crippen molar-refractivity contribution < 1.29 is 0 Å². The van der Waals surface area contributed by atoms with Crippen LogP contribution >= 0.6 is 0 Å². The van der Waals surface area contributed by atoms with Gasteiger partial charge in [-0.05, 0) is 31.0 Å². The Bertz CT molecular complexity index is 703. The molecule has 0 amide bonds. The Kier molecular flexibility index (Phi) is 3.63. The van der Waals surface area contributed by atoms with Gasteiger partial charge in [0.2, 0.25) is 0 Å². The Morgan fingerprint density at radius 1 is 0.789 bits per heavy atom. The second-order valence-corrected chi connectivity index (χ2v) is 4.58. The molecule has 3 rings (SSSR count). The number of hydrogen-bond donors (Lipinski definition) is 1. The number of aromatic nitrogens is 1. The standard InChI is InChI=1S/C17H15N.H3N/c1-12-15-10-6-7-11-16(15)18-13(2)17(12)14-8-4-3-5-9-14;/h3-11H,1-2H3;1H3. The molecule has 0 aliphatic rings. The van der Waals surface area contributed by atoms with E-state index >= 15 is 0 Å². The summed E-state index contributed by atoms with van der Waals surface area (Å²) >= 11 is 0. The molecule has 0 aliphatic carbocycles. The lowest BCUT2D eigenvalue weighted by Gasteiger charge is -2.12. The zero-order valence-electron chi connectivity index (χ0n) is 11.4. The molecular formula is C17H18N2. The molecule has 0 atom stereocenters. The third-order valence-corrected chi connectivity index (χ3v) is 3.40. The fourth-order valence-electron chi connectivity index (χ4n) is 2.56. The van der Waals surface area contributed by atoms with Crippen molar-refractivity contribution in [1.82, 2.24) is 11.1 Å². The molecule has 0 unspecified atom stereocenters. The van der Waals surface area contributed by atoms with Crippen LogP contribution in [0, 0.1) is 13.8 Å². The van der Waals surface area contributed by atoms with Gasteiger partial charge in [0.15, 0.2) is 0 Å². The molecule has 19 heavy (non-hydrogen) atoms. The van der Waals surface area contributed by atoms with Crippen LogP contribution in [0.25, 0.3) is 22.0 Å². The topological polar surface area (TPSA) is 47.9 Å². The number of para-hydroxylation sites is 1. The van der Waals surface area contributed by atoms with Gasteiger partial charge in [-0.25, -0.2) is 0 Å². The maximum Gasteiger partial charge on any atom is 0.0708 e. The van der Waals surface area contributed by atoms with E-state index in [0.717, 1.165) is 11.2 Å². The molecule has 0 fully saturated rings. The van der Waals surface area contributed by atoms with Crippen molar-refractivity contribution in [3.8, 4) is 11.1 Å². The van der Waals surface area contributed by atoms with Gasteiger partial charge >= 0.3 is 0 Å². The van der Waals surface area contributed by atoms with Crippen LogP contribution in [-0.4, -0.2) is 4.98 Å². The second kappa shape index (κ2) is 5.21. The number of rotatable bonds is 1. The average molecular weight is 250 g/mol. The fraction of sp³-hybridized carbons (Fsp3) is 0.118. The molecule has 0 radical (unpaired) electrons. The van der Waals surface area contributed by atoms with Crippen molar-refractivity contribution in [2.24, 2.45) is 0 Å². The Hall–Kier alpha value is -2.19. The van der Waals surface area contributed by atoms with Crippen molar-refractivity contribution in [1.29, 1.82) is 0 Å². The molecule has 2 heteroatoms. The first-order valence-corrected chi connectivity index (χ1v) is 6.19. The van der Waals surface area contributed by atoms with Crippen LogP contribution < -0.4 is 6.15 Å². The van der Waals surface area contributed by atoms with Crippen molar-refractivity contribution in [2.45, 2.75) is 13.8 Å². The summed E-state index contributed by atoms with van der Waals surface area (Å²) in [5.41, 5.74) is 5.98. The van der Waals surface area contributed by atoms with Crippen molar-refractivity contribution >= 4 is 10.9 Å². The molecule has 2 nitrogen and oxygen atoms in total. The summed E-state index contributed by atoms with van der Waals surface area (Å²) in [7, 11) is 0. The number of fused-ring (bicyclic) bond motifs is 1. The molecule has 0 aliphatic heterocycles. The zero-order chi connectivity index (χ0) is 12.5. The van der Waals surface area contributed by atoms with Crippen LogP contribution in [0.4, 0.5) is 0 Å². The summed E-state index contributed by atoms with van der Waals surface area (Å²) in [6, 6.07) is 18.8. The Labute approximate surface area is 113 Å². The van der Waals surface area contributed by atoms with E-state index in [2.05, 4.69) is 56.3 Å².